The van der Waals surface area contributed by atoms with Gasteiger partial charge in [0.2, 0.25) is 5.82 Å². The van der Waals surface area contributed by atoms with Crippen LogP contribution in [0, 0.1) is 28.4 Å². The summed E-state index contributed by atoms with van der Waals surface area (Å²) >= 11 is 6.53. The topological polar surface area (TPSA) is 133 Å². The van der Waals surface area contributed by atoms with Crippen molar-refractivity contribution in [1.29, 1.82) is 5.26 Å². The largest absolute Gasteiger partial charge is 0.358 e. The minimum atomic E-state index is -0.481. The first-order valence-electron chi connectivity index (χ1n) is 5.69. The maximum Gasteiger partial charge on any atom is 0.288 e. The number of nitro groups is 1. The average molecular weight is 429 g/mol. The lowest BCUT2D eigenvalue weighted by atomic mass is 10.2. The van der Waals surface area contributed by atoms with Crippen molar-refractivity contribution in [2.45, 2.75) is 6.92 Å². The number of aryl methyl sites for hydroxylation is 1. The Labute approximate surface area is 140 Å². The molecular weight excluding hydrogens is 422 g/mol. The summed E-state index contributed by atoms with van der Waals surface area (Å²) in [4.78, 5) is 10.6. The van der Waals surface area contributed by atoms with Gasteiger partial charge >= 0.3 is 0 Å². The predicted octanol–water partition coefficient (Wildman–Crippen LogP) is 2.92. The molecular formula is C11H7Br2N7O2. The van der Waals surface area contributed by atoms with E-state index in [1.807, 2.05) is 6.07 Å². The first-order chi connectivity index (χ1) is 10.5. The number of nitro benzene ring substituents is 1. The van der Waals surface area contributed by atoms with Gasteiger partial charge in [-0.1, -0.05) is 0 Å². The highest BCUT2D eigenvalue weighted by molar-refractivity contribution is 9.11. The normalized spacial score (nSPS) is 11.1. The van der Waals surface area contributed by atoms with Crippen LogP contribution >= 0.6 is 31.9 Å². The summed E-state index contributed by atoms with van der Waals surface area (Å²) in [5.74, 6) is 0.115. The zero-order chi connectivity index (χ0) is 16.3. The maximum atomic E-state index is 11.1. The summed E-state index contributed by atoms with van der Waals surface area (Å²) in [5, 5.41) is 36.0. The van der Waals surface area contributed by atoms with Crippen LogP contribution in [0.3, 0.4) is 0 Å². The van der Waals surface area contributed by atoms with Gasteiger partial charge in [0.25, 0.3) is 5.69 Å². The van der Waals surface area contributed by atoms with E-state index in [9.17, 15) is 10.1 Å². The molecule has 0 aliphatic carbocycles. The molecule has 0 radical (unpaired) electrons. The number of nitriles is 1. The molecule has 0 saturated carbocycles. The number of nitrogens with one attached hydrogen (secondary N) is 2. The molecule has 0 spiro atoms. The number of H-pyrrole nitrogens is 1. The molecule has 11 heteroatoms. The van der Waals surface area contributed by atoms with Crippen LogP contribution in [0.1, 0.15) is 11.4 Å². The molecule has 2 N–H and O–H groups in total. The molecule has 1 aromatic carbocycles. The number of halogens is 2. The van der Waals surface area contributed by atoms with E-state index in [1.165, 1.54) is 6.20 Å². The lowest BCUT2D eigenvalue weighted by molar-refractivity contribution is -0.386. The highest BCUT2D eigenvalue weighted by Crippen LogP contribution is 2.40. The van der Waals surface area contributed by atoms with E-state index in [2.05, 4.69) is 57.8 Å². The lowest BCUT2D eigenvalue weighted by Crippen LogP contribution is -1.99. The van der Waals surface area contributed by atoms with Crippen LogP contribution in [0.25, 0.3) is 5.57 Å². The van der Waals surface area contributed by atoms with Crippen LogP contribution in [0.4, 0.5) is 11.4 Å². The number of hydrogen-bond acceptors (Lipinski definition) is 7. The fraction of sp³-hybridized carbons (Fsp3) is 0.0909. The van der Waals surface area contributed by atoms with Crippen molar-refractivity contribution in [3.63, 3.8) is 0 Å². The predicted molar refractivity (Wildman–Crippen MR) is 84.6 cm³/mol. The van der Waals surface area contributed by atoms with E-state index in [4.69, 9.17) is 5.26 Å². The number of nitrogens with zero attached hydrogens (tertiary/aromatic N) is 5. The smallest absolute Gasteiger partial charge is 0.288 e. The van der Waals surface area contributed by atoms with Gasteiger partial charge in [-0.3, -0.25) is 10.1 Å². The first kappa shape index (κ1) is 16.1. The SMILES string of the molecule is Cc1cc(Br)c(NC=C(C#N)c2nn[nH]n2)c(Br)c1[N+](=O)[O-]. The fourth-order valence-electron chi connectivity index (χ4n) is 1.65. The van der Waals surface area contributed by atoms with Gasteiger partial charge in [0.05, 0.1) is 10.6 Å². The molecule has 0 saturated heterocycles. The molecule has 112 valence electrons. The molecule has 0 atom stereocenters. The van der Waals surface area contributed by atoms with Crippen LogP contribution < -0.4 is 5.32 Å². The van der Waals surface area contributed by atoms with E-state index in [-0.39, 0.29) is 21.6 Å². The molecule has 9 nitrogen and oxygen atoms in total. The Morgan fingerprint density at radius 2 is 2.32 bits per heavy atom. The van der Waals surface area contributed by atoms with Gasteiger partial charge < -0.3 is 5.32 Å². The Morgan fingerprint density at radius 1 is 1.59 bits per heavy atom. The van der Waals surface area contributed by atoms with Gasteiger partial charge in [0.15, 0.2) is 0 Å². The van der Waals surface area contributed by atoms with E-state index in [0.29, 0.717) is 15.7 Å². The van der Waals surface area contributed by atoms with Gasteiger partial charge in [0.1, 0.15) is 16.1 Å². The standard InChI is InChI=1S/C11H7Br2N7O2/c1-5-2-7(12)9(8(13)10(5)20(21)22)15-4-6(3-14)11-16-18-19-17-11/h2,4,15H,1H3,(H,16,17,18,19). The second-order valence-corrected chi connectivity index (χ2v) is 5.67. The van der Waals surface area contributed by atoms with Crippen molar-refractivity contribution in [2.75, 3.05) is 5.32 Å². The third kappa shape index (κ3) is 3.12. The van der Waals surface area contributed by atoms with Crippen molar-refractivity contribution >= 4 is 48.8 Å². The van der Waals surface area contributed by atoms with Gasteiger partial charge in [-0.15, -0.1) is 10.2 Å². The van der Waals surface area contributed by atoms with Crippen molar-refractivity contribution in [3.05, 3.63) is 42.7 Å². The zero-order valence-electron chi connectivity index (χ0n) is 11.0. The molecule has 1 heterocycles. The summed E-state index contributed by atoms with van der Waals surface area (Å²) in [6.07, 6.45) is 1.34. The van der Waals surface area contributed by atoms with Gasteiger partial charge in [0, 0.05) is 16.2 Å². The second-order valence-electron chi connectivity index (χ2n) is 4.02. The summed E-state index contributed by atoms with van der Waals surface area (Å²) in [6, 6.07) is 3.52. The molecule has 0 amide bonds. The van der Waals surface area contributed by atoms with E-state index >= 15 is 0 Å². The molecule has 1 aromatic heterocycles. The Bertz CT molecular complexity index is 796. The highest BCUT2D eigenvalue weighted by atomic mass is 79.9. The van der Waals surface area contributed by atoms with Crippen LogP contribution in [0.2, 0.25) is 0 Å². The van der Waals surface area contributed by atoms with E-state index < -0.39 is 4.92 Å². The first-order valence-corrected chi connectivity index (χ1v) is 7.28. The molecule has 2 aromatic rings. The number of anilines is 1. The van der Waals surface area contributed by atoms with Crippen molar-refractivity contribution in [2.24, 2.45) is 0 Å². The second kappa shape index (κ2) is 6.63. The van der Waals surface area contributed by atoms with Crippen molar-refractivity contribution in [1.82, 2.24) is 20.6 Å². The quantitative estimate of drug-likeness (QED) is 0.434. The number of aromatic nitrogens is 4. The fourth-order valence-corrected chi connectivity index (χ4v) is 3.36. The monoisotopic (exact) mass is 427 g/mol. The van der Waals surface area contributed by atoms with Crippen LogP contribution in [0.5, 0.6) is 0 Å². The summed E-state index contributed by atoms with van der Waals surface area (Å²) < 4.78 is 0.871. The number of aromatic amines is 1. The molecule has 0 aliphatic heterocycles. The Morgan fingerprint density at radius 3 is 2.86 bits per heavy atom. The average Bonchev–Trinajstić information content (AvgIpc) is 2.95. The molecule has 2 rings (SSSR count). The van der Waals surface area contributed by atoms with Crippen molar-refractivity contribution in [3.8, 4) is 6.07 Å². The zero-order valence-corrected chi connectivity index (χ0v) is 14.1. The summed E-state index contributed by atoms with van der Waals surface area (Å²) in [7, 11) is 0. The van der Waals surface area contributed by atoms with Crippen LogP contribution in [0.15, 0.2) is 21.2 Å². The highest BCUT2D eigenvalue weighted by Gasteiger charge is 2.21. The van der Waals surface area contributed by atoms with Crippen LogP contribution in [-0.4, -0.2) is 25.5 Å². The number of hydrogen-bond donors (Lipinski definition) is 2. The van der Waals surface area contributed by atoms with Gasteiger partial charge in [-0.25, -0.2) is 0 Å². The Hall–Kier alpha value is -2.32. The summed E-state index contributed by atoms with van der Waals surface area (Å²) in [5.41, 5.74) is 0.971. The maximum absolute atomic E-state index is 11.1. The number of allylic oxidation sites excluding steroid dienone is 1. The minimum Gasteiger partial charge on any atom is -0.358 e. The number of rotatable bonds is 4. The third-order valence-electron chi connectivity index (χ3n) is 2.63. The lowest BCUT2D eigenvalue weighted by Gasteiger charge is -2.10. The third-order valence-corrected chi connectivity index (χ3v) is 4.03. The Kier molecular flexibility index (Phi) is 4.84. The molecule has 22 heavy (non-hydrogen) atoms. The van der Waals surface area contributed by atoms with Crippen molar-refractivity contribution < 1.29 is 4.92 Å². The van der Waals surface area contributed by atoms with Gasteiger partial charge in [-0.05, 0) is 50.1 Å². The number of benzene rings is 1. The minimum absolute atomic E-state index is 0.0582. The molecule has 0 bridgehead atoms. The Balaban J connectivity index is 2.44. The molecule has 0 unspecified atom stereocenters. The van der Waals surface area contributed by atoms with Gasteiger partial charge in [-0.2, -0.15) is 10.5 Å². The van der Waals surface area contributed by atoms with E-state index in [0.717, 1.165) is 0 Å². The van der Waals surface area contributed by atoms with Crippen LogP contribution in [-0.2, 0) is 0 Å². The molecule has 0 fully saturated rings. The summed E-state index contributed by atoms with van der Waals surface area (Å²) in [6.45, 7) is 1.63. The van der Waals surface area contributed by atoms with E-state index in [1.54, 1.807) is 13.0 Å². The molecule has 0 aliphatic rings. The number of tetrazole rings is 1.